The Morgan fingerprint density at radius 1 is 1.09 bits per heavy atom. The summed E-state index contributed by atoms with van der Waals surface area (Å²) in [7, 11) is 1.80. The zero-order valence-electron chi connectivity index (χ0n) is 12.7. The minimum atomic E-state index is -0.374. The van der Waals surface area contributed by atoms with Crippen LogP contribution in [0.3, 0.4) is 0 Å². The molecule has 4 nitrogen and oxygen atoms in total. The monoisotopic (exact) mass is 309 g/mol. The summed E-state index contributed by atoms with van der Waals surface area (Å²) >= 11 is 0. The molecule has 116 valence electrons. The summed E-state index contributed by atoms with van der Waals surface area (Å²) in [6.45, 7) is 0.0468. The van der Waals surface area contributed by atoms with Crippen molar-refractivity contribution in [2.45, 2.75) is 6.54 Å². The second-order valence-corrected chi connectivity index (χ2v) is 5.32. The molecule has 0 saturated heterocycles. The minimum Gasteiger partial charge on any atom is -0.314 e. The normalized spacial score (nSPS) is 10.7. The zero-order valence-corrected chi connectivity index (χ0v) is 12.7. The summed E-state index contributed by atoms with van der Waals surface area (Å²) in [6, 6.07) is 15.2. The molecule has 3 rings (SSSR count). The number of imidazole rings is 1. The van der Waals surface area contributed by atoms with E-state index in [2.05, 4.69) is 0 Å². The van der Waals surface area contributed by atoms with Crippen LogP contribution in [0.4, 0.5) is 4.39 Å². The van der Waals surface area contributed by atoms with E-state index in [0.29, 0.717) is 5.56 Å². The van der Waals surface area contributed by atoms with Gasteiger partial charge in [0, 0.05) is 18.8 Å². The second-order valence-electron chi connectivity index (χ2n) is 5.32. The highest BCUT2D eigenvalue weighted by Crippen LogP contribution is 2.17. The summed E-state index contributed by atoms with van der Waals surface area (Å²) in [4.78, 5) is 12.3. The van der Waals surface area contributed by atoms with Gasteiger partial charge in [-0.15, -0.1) is 0 Å². The van der Waals surface area contributed by atoms with Gasteiger partial charge >= 0.3 is 0 Å². The van der Waals surface area contributed by atoms with Crippen molar-refractivity contribution in [2.75, 3.05) is 0 Å². The Labute approximate surface area is 133 Å². The maximum absolute atomic E-state index is 12.9. The average Bonchev–Trinajstić information content (AvgIpc) is 2.85. The van der Waals surface area contributed by atoms with E-state index in [1.807, 2.05) is 30.3 Å². The molecule has 0 aliphatic heterocycles. The lowest BCUT2D eigenvalue weighted by Gasteiger charge is -2.02. The van der Waals surface area contributed by atoms with Crippen LogP contribution in [0.2, 0.25) is 0 Å². The molecule has 0 aliphatic rings. The number of Topliss-reactive ketones (excluding diaryl/α,β-unsaturated/α-hetero) is 1. The molecule has 0 bridgehead atoms. The van der Waals surface area contributed by atoms with Crippen molar-refractivity contribution in [3.8, 4) is 11.3 Å². The third kappa shape index (κ3) is 2.99. The summed E-state index contributed by atoms with van der Waals surface area (Å²) in [6.07, 6.45) is 1.79. The number of halogens is 1. The Balaban J connectivity index is 1.91. The van der Waals surface area contributed by atoms with Crippen molar-refractivity contribution < 1.29 is 9.18 Å². The quantitative estimate of drug-likeness (QED) is 0.740. The van der Waals surface area contributed by atoms with Crippen molar-refractivity contribution in [2.24, 2.45) is 7.05 Å². The van der Waals surface area contributed by atoms with Crippen LogP contribution >= 0.6 is 0 Å². The highest BCUT2D eigenvalue weighted by molar-refractivity contribution is 5.95. The van der Waals surface area contributed by atoms with Gasteiger partial charge in [0.15, 0.2) is 5.78 Å². The molecule has 0 fully saturated rings. The number of carbonyl (C=O) groups is 1. The van der Waals surface area contributed by atoms with E-state index in [4.69, 9.17) is 5.41 Å². The summed E-state index contributed by atoms with van der Waals surface area (Å²) in [5.74, 6) is -0.532. The van der Waals surface area contributed by atoms with E-state index in [9.17, 15) is 9.18 Å². The van der Waals surface area contributed by atoms with Crippen LogP contribution in [-0.4, -0.2) is 14.9 Å². The van der Waals surface area contributed by atoms with Crippen molar-refractivity contribution in [1.82, 2.24) is 9.13 Å². The predicted octanol–water partition coefficient (Wildman–Crippen LogP) is 3.00. The van der Waals surface area contributed by atoms with Crippen LogP contribution < -0.4 is 5.62 Å². The van der Waals surface area contributed by atoms with Gasteiger partial charge in [-0.1, -0.05) is 30.3 Å². The van der Waals surface area contributed by atoms with Crippen molar-refractivity contribution >= 4 is 5.78 Å². The molecule has 5 heteroatoms. The van der Waals surface area contributed by atoms with Gasteiger partial charge in [-0.25, -0.2) is 4.39 Å². The zero-order chi connectivity index (χ0) is 16.4. The molecule has 23 heavy (non-hydrogen) atoms. The number of rotatable bonds is 4. The SMILES string of the molecule is Cn1c(-c2ccccc2)cn(CC(=O)c2ccc(F)cc2)c1=N. The van der Waals surface area contributed by atoms with Gasteiger partial charge in [-0.05, 0) is 29.8 Å². The molecular formula is C18H16FN3O. The van der Waals surface area contributed by atoms with Gasteiger partial charge < -0.3 is 9.13 Å². The Kier molecular flexibility index (Phi) is 3.93. The molecule has 2 aromatic carbocycles. The number of aromatic nitrogens is 2. The van der Waals surface area contributed by atoms with Gasteiger partial charge in [0.1, 0.15) is 5.82 Å². The molecule has 1 heterocycles. The van der Waals surface area contributed by atoms with E-state index >= 15 is 0 Å². The standard InChI is InChI=1S/C18H16FN3O/c1-21-16(13-5-3-2-4-6-13)11-22(18(21)20)12-17(23)14-7-9-15(19)10-8-14/h2-11,20H,12H2,1H3. The molecule has 3 aromatic rings. The first-order chi connectivity index (χ1) is 11.1. The smallest absolute Gasteiger partial charge is 0.202 e. The Morgan fingerprint density at radius 3 is 2.39 bits per heavy atom. The molecule has 1 N–H and O–H groups in total. The van der Waals surface area contributed by atoms with Crippen molar-refractivity contribution in [1.29, 1.82) is 5.41 Å². The molecule has 0 atom stereocenters. The average molecular weight is 309 g/mol. The van der Waals surface area contributed by atoms with Crippen LogP contribution in [0, 0.1) is 11.2 Å². The van der Waals surface area contributed by atoms with Gasteiger partial charge in [0.2, 0.25) is 5.62 Å². The lowest BCUT2D eigenvalue weighted by molar-refractivity contribution is 0.0970. The van der Waals surface area contributed by atoms with Gasteiger partial charge in [0.05, 0.1) is 12.2 Å². The molecule has 1 aromatic heterocycles. The minimum absolute atomic E-state index is 0.0468. The summed E-state index contributed by atoms with van der Waals surface area (Å²) in [5, 5.41) is 8.17. The Bertz CT molecular complexity index is 892. The fourth-order valence-electron chi connectivity index (χ4n) is 2.48. The third-order valence-electron chi connectivity index (χ3n) is 3.78. The van der Waals surface area contributed by atoms with Crippen molar-refractivity contribution in [3.63, 3.8) is 0 Å². The third-order valence-corrected chi connectivity index (χ3v) is 3.78. The highest BCUT2D eigenvalue weighted by atomic mass is 19.1. The number of carbonyl (C=O) groups excluding carboxylic acids is 1. The van der Waals surface area contributed by atoms with E-state index in [1.165, 1.54) is 24.3 Å². The Morgan fingerprint density at radius 2 is 1.74 bits per heavy atom. The topological polar surface area (TPSA) is 50.8 Å². The number of hydrogen-bond acceptors (Lipinski definition) is 2. The number of nitrogens with zero attached hydrogens (tertiary/aromatic N) is 2. The van der Waals surface area contributed by atoms with Gasteiger partial charge in [0.25, 0.3) is 0 Å². The maximum Gasteiger partial charge on any atom is 0.202 e. The molecule has 0 saturated carbocycles. The predicted molar refractivity (Wildman–Crippen MR) is 85.4 cm³/mol. The number of nitrogens with one attached hydrogen (secondary N) is 1. The fourth-order valence-corrected chi connectivity index (χ4v) is 2.48. The molecule has 0 amide bonds. The highest BCUT2D eigenvalue weighted by Gasteiger charge is 2.12. The number of benzene rings is 2. The number of hydrogen-bond donors (Lipinski definition) is 1. The van der Waals surface area contributed by atoms with Crippen molar-refractivity contribution in [3.05, 3.63) is 77.8 Å². The van der Waals surface area contributed by atoms with Gasteiger partial charge in [-0.2, -0.15) is 0 Å². The first kappa shape index (κ1) is 15.0. The maximum atomic E-state index is 12.9. The van der Waals surface area contributed by atoms with Crippen LogP contribution in [0.1, 0.15) is 10.4 Å². The lowest BCUT2D eigenvalue weighted by Crippen LogP contribution is -2.25. The van der Waals surface area contributed by atoms with Crippen LogP contribution in [0.15, 0.2) is 60.8 Å². The summed E-state index contributed by atoms with van der Waals surface area (Å²) in [5.41, 5.74) is 2.52. The number of ketones is 1. The molecular weight excluding hydrogens is 293 g/mol. The lowest BCUT2D eigenvalue weighted by atomic mass is 10.1. The molecule has 0 aliphatic carbocycles. The van der Waals surface area contributed by atoms with Crippen LogP contribution in [0.5, 0.6) is 0 Å². The first-order valence-corrected chi connectivity index (χ1v) is 7.21. The van der Waals surface area contributed by atoms with Crippen LogP contribution in [-0.2, 0) is 13.6 Å². The van der Waals surface area contributed by atoms with Gasteiger partial charge in [-0.3, -0.25) is 10.2 Å². The molecule has 0 unspecified atom stereocenters. The molecule has 0 spiro atoms. The van der Waals surface area contributed by atoms with E-state index in [0.717, 1.165) is 11.3 Å². The Hall–Kier alpha value is -2.95. The van der Waals surface area contributed by atoms with E-state index in [-0.39, 0.29) is 23.8 Å². The molecule has 0 radical (unpaired) electrons. The summed E-state index contributed by atoms with van der Waals surface area (Å²) < 4.78 is 16.3. The fraction of sp³-hybridized carbons (Fsp3) is 0.111. The largest absolute Gasteiger partial charge is 0.314 e. The second kappa shape index (κ2) is 6.04. The van der Waals surface area contributed by atoms with E-state index in [1.54, 1.807) is 22.4 Å². The first-order valence-electron chi connectivity index (χ1n) is 7.21. The van der Waals surface area contributed by atoms with Crippen LogP contribution in [0.25, 0.3) is 11.3 Å². The van der Waals surface area contributed by atoms with E-state index < -0.39 is 0 Å².